The molecular weight excluding hydrogens is 400 g/mol. The van der Waals surface area contributed by atoms with Crippen LogP contribution in [0.5, 0.6) is 0 Å². The number of benzene rings is 1. The van der Waals surface area contributed by atoms with Gasteiger partial charge in [0.1, 0.15) is 0 Å². The smallest absolute Gasteiger partial charge is 0.250 e. The molecule has 0 saturated carbocycles. The van der Waals surface area contributed by atoms with Crippen LogP contribution in [0.2, 0.25) is 0 Å². The lowest BCUT2D eigenvalue weighted by Crippen LogP contribution is -2.58. The first-order valence-electron chi connectivity index (χ1n) is 11.2. The van der Waals surface area contributed by atoms with Gasteiger partial charge in [-0.2, -0.15) is 15.3 Å². The van der Waals surface area contributed by atoms with Crippen LogP contribution in [0.4, 0.5) is 0 Å². The van der Waals surface area contributed by atoms with Crippen molar-refractivity contribution in [2.75, 3.05) is 0 Å². The molecular formula is C25H30N6O. The highest BCUT2D eigenvalue weighted by Crippen LogP contribution is 2.53. The molecule has 0 radical (unpaired) electrons. The Morgan fingerprint density at radius 1 is 1.25 bits per heavy atom. The highest BCUT2D eigenvalue weighted by atomic mass is 16.2. The molecule has 1 aromatic carbocycles. The molecule has 4 heterocycles. The fourth-order valence-corrected chi connectivity index (χ4v) is 5.66. The average molecular weight is 431 g/mol. The topological polar surface area (TPSA) is 83.7 Å². The van der Waals surface area contributed by atoms with Crippen LogP contribution in [-0.4, -0.2) is 27.4 Å². The van der Waals surface area contributed by atoms with Gasteiger partial charge >= 0.3 is 0 Å². The monoisotopic (exact) mass is 430 g/mol. The maximum Gasteiger partial charge on any atom is 0.250 e. The molecule has 2 aromatic rings. The van der Waals surface area contributed by atoms with Gasteiger partial charge in [-0.05, 0) is 51.3 Å². The fraction of sp³-hybridized carbons (Fsp3) is 0.440. The summed E-state index contributed by atoms with van der Waals surface area (Å²) in [5, 5.41) is 20.2. The Labute approximate surface area is 188 Å². The molecule has 1 amide bonds. The predicted octanol–water partition coefficient (Wildman–Crippen LogP) is 4.27. The van der Waals surface area contributed by atoms with E-state index in [-0.39, 0.29) is 17.6 Å². The number of nitrogens with zero attached hydrogens (tertiary/aromatic N) is 4. The van der Waals surface area contributed by atoms with E-state index in [2.05, 4.69) is 77.9 Å². The van der Waals surface area contributed by atoms with Crippen LogP contribution >= 0.6 is 0 Å². The summed E-state index contributed by atoms with van der Waals surface area (Å²) in [6.07, 6.45) is 3.14. The molecule has 0 fully saturated rings. The van der Waals surface area contributed by atoms with Crippen molar-refractivity contribution in [1.82, 2.24) is 20.4 Å². The summed E-state index contributed by atoms with van der Waals surface area (Å²) >= 11 is 0. The average Bonchev–Trinajstić information content (AvgIpc) is 3.28. The zero-order valence-electron chi connectivity index (χ0n) is 19.6. The van der Waals surface area contributed by atoms with Crippen molar-refractivity contribution < 1.29 is 4.79 Å². The van der Waals surface area contributed by atoms with E-state index in [1.54, 1.807) is 0 Å². The van der Waals surface area contributed by atoms with Crippen LogP contribution in [0, 0.1) is 6.92 Å². The van der Waals surface area contributed by atoms with Gasteiger partial charge in [0.15, 0.2) is 6.17 Å². The van der Waals surface area contributed by atoms with E-state index in [9.17, 15) is 4.79 Å². The van der Waals surface area contributed by atoms with Gasteiger partial charge in [0.05, 0.1) is 22.9 Å². The van der Waals surface area contributed by atoms with Gasteiger partial charge < -0.3 is 10.6 Å². The van der Waals surface area contributed by atoms with Gasteiger partial charge in [0.25, 0.3) is 5.91 Å². The van der Waals surface area contributed by atoms with Crippen molar-refractivity contribution in [3.63, 3.8) is 0 Å². The van der Waals surface area contributed by atoms with Gasteiger partial charge in [-0.15, -0.1) is 0 Å². The molecule has 7 heteroatoms. The quantitative estimate of drug-likeness (QED) is 0.763. The molecule has 2 N–H and O–H groups in total. The number of fused-ring (bicyclic) bond motifs is 1. The number of hydrogen-bond acceptors (Lipinski definition) is 5. The zero-order chi connectivity index (χ0) is 22.8. The number of rotatable bonds is 3. The predicted molar refractivity (Wildman–Crippen MR) is 124 cm³/mol. The lowest BCUT2D eigenvalue weighted by molar-refractivity contribution is -0.120. The summed E-state index contributed by atoms with van der Waals surface area (Å²) in [6, 6.07) is 8.54. The van der Waals surface area contributed by atoms with Crippen molar-refractivity contribution >= 4 is 5.91 Å². The number of aryl methyl sites for hydroxylation is 1. The maximum atomic E-state index is 13.6. The van der Waals surface area contributed by atoms with E-state index in [1.165, 1.54) is 0 Å². The molecule has 166 valence electrons. The number of aromatic nitrogens is 2. The second-order valence-corrected chi connectivity index (χ2v) is 9.74. The summed E-state index contributed by atoms with van der Waals surface area (Å²) in [5.74, 6) is -0.0146. The third-order valence-electron chi connectivity index (χ3n) is 7.22. The summed E-state index contributed by atoms with van der Waals surface area (Å²) in [5.41, 5.74) is 7.23. The Bertz CT molecular complexity index is 1230. The molecule has 1 unspecified atom stereocenters. The van der Waals surface area contributed by atoms with Gasteiger partial charge in [-0.3, -0.25) is 9.48 Å². The minimum atomic E-state index is -0.592. The second-order valence-electron chi connectivity index (χ2n) is 9.74. The first-order valence-corrected chi connectivity index (χ1v) is 11.2. The molecule has 5 rings (SSSR count). The van der Waals surface area contributed by atoms with Crippen molar-refractivity contribution in [3.8, 4) is 11.1 Å². The molecule has 0 aliphatic carbocycles. The number of allylic oxidation sites excluding steroid dienone is 1. The maximum absolute atomic E-state index is 13.6. The standard InChI is InChI=1S/C25H30N6O/c1-7-25(17-10-8-9-16(11-17)18-13-26-31(6)15(18)3)20-14(2)29-30-22(20)27-19-12-24(4,5)28-23(32)21(19)25/h8-11,13,22,27H,7,12H2,1-6H3,(H,28,32)/t22?,25-/m0/s1. The minimum absolute atomic E-state index is 0.0146. The van der Waals surface area contributed by atoms with Crippen LogP contribution in [-0.2, 0) is 17.3 Å². The van der Waals surface area contributed by atoms with Crippen molar-refractivity contribution in [2.24, 2.45) is 17.3 Å². The molecule has 0 saturated heterocycles. The van der Waals surface area contributed by atoms with Crippen LogP contribution in [0.25, 0.3) is 11.1 Å². The Kier molecular flexibility index (Phi) is 4.45. The van der Waals surface area contributed by atoms with Crippen LogP contribution < -0.4 is 10.6 Å². The number of amides is 1. The SMILES string of the molecule is CC[C@@]1(c2cccc(-c3cnn(C)c3C)c2)C2=C(CC(C)(C)NC2=O)NC2N=NC(C)=C21. The highest BCUT2D eigenvalue weighted by Gasteiger charge is 2.54. The molecule has 0 bridgehead atoms. The molecule has 3 aliphatic heterocycles. The van der Waals surface area contributed by atoms with Gasteiger partial charge in [0.2, 0.25) is 0 Å². The second kappa shape index (κ2) is 6.89. The first kappa shape index (κ1) is 20.7. The number of carbonyl (C=O) groups is 1. The van der Waals surface area contributed by atoms with E-state index in [0.717, 1.165) is 57.8 Å². The van der Waals surface area contributed by atoms with Crippen molar-refractivity contribution in [1.29, 1.82) is 0 Å². The normalized spacial score (nSPS) is 26.1. The van der Waals surface area contributed by atoms with Gasteiger partial charge in [-0.25, -0.2) is 0 Å². The van der Waals surface area contributed by atoms with E-state index >= 15 is 0 Å². The third kappa shape index (κ3) is 2.80. The Morgan fingerprint density at radius 3 is 2.72 bits per heavy atom. The fourth-order valence-electron chi connectivity index (χ4n) is 5.66. The zero-order valence-corrected chi connectivity index (χ0v) is 19.6. The van der Waals surface area contributed by atoms with E-state index in [4.69, 9.17) is 0 Å². The first-order chi connectivity index (χ1) is 15.2. The lowest BCUT2D eigenvalue weighted by Gasteiger charge is -2.48. The minimum Gasteiger partial charge on any atom is -0.362 e. The van der Waals surface area contributed by atoms with Crippen LogP contribution in [0.1, 0.15) is 51.8 Å². The molecule has 3 aliphatic rings. The molecule has 7 nitrogen and oxygen atoms in total. The molecule has 1 aromatic heterocycles. The van der Waals surface area contributed by atoms with Gasteiger partial charge in [0, 0.05) is 41.5 Å². The number of nitrogens with one attached hydrogen (secondary N) is 2. The van der Waals surface area contributed by atoms with Crippen LogP contribution in [0.3, 0.4) is 0 Å². The van der Waals surface area contributed by atoms with Crippen LogP contribution in [0.15, 0.2) is 63.2 Å². The molecule has 2 atom stereocenters. The Morgan fingerprint density at radius 2 is 2.03 bits per heavy atom. The summed E-state index contributed by atoms with van der Waals surface area (Å²) in [6.45, 7) is 10.3. The summed E-state index contributed by atoms with van der Waals surface area (Å²) in [7, 11) is 1.95. The third-order valence-corrected chi connectivity index (χ3v) is 7.22. The number of hydrogen-bond donors (Lipinski definition) is 2. The van der Waals surface area contributed by atoms with Gasteiger partial charge in [-0.1, -0.05) is 25.1 Å². The van der Waals surface area contributed by atoms with E-state index in [0.29, 0.717) is 0 Å². The Hall–Kier alpha value is -3.22. The molecule has 0 spiro atoms. The lowest BCUT2D eigenvalue weighted by atomic mass is 9.61. The van der Waals surface area contributed by atoms with Crippen molar-refractivity contribution in [2.45, 2.75) is 64.6 Å². The van der Waals surface area contributed by atoms with Crippen molar-refractivity contribution in [3.05, 3.63) is 64.3 Å². The summed E-state index contributed by atoms with van der Waals surface area (Å²) in [4.78, 5) is 13.6. The number of carbonyl (C=O) groups excluding carboxylic acids is 1. The Balaban J connectivity index is 1.78. The molecule has 32 heavy (non-hydrogen) atoms. The van der Waals surface area contributed by atoms with E-state index < -0.39 is 5.41 Å². The largest absolute Gasteiger partial charge is 0.362 e. The van der Waals surface area contributed by atoms with E-state index in [1.807, 2.05) is 24.9 Å². The highest BCUT2D eigenvalue weighted by molar-refractivity contribution is 6.00. The number of azo groups is 1. The summed E-state index contributed by atoms with van der Waals surface area (Å²) < 4.78 is 1.89.